The van der Waals surface area contributed by atoms with Crippen LogP contribution in [0.2, 0.25) is 0 Å². The second-order valence-electron chi connectivity index (χ2n) is 9.84. The number of carbonyl (C=O) groups excluding carboxylic acids is 3. The molecule has 0 aliphatic heterocycles. The van der Waals surface area contributed by atoms with Gasteiger partial charge in [-0.3, -0.25) is 9.59 Å². The number of alkyl carbamates (subject to hydrolysis) is 1. The minimum Gasteiger partial charge on any atom is -0.444 e. The Hall–Kier alpha value is -4.03. The molecule has 0 spiro atoms. The first-order chi connectivity index (χ1) is 18.4. The van der Waals surface area contributed by atoms with E-state index in [1.807, 2.05) is 0 Å². The lowest BCUT2D eigenvalue weighted by atomic mass is 10.0. The number of azide groups is 2. The maximum absolute atomic E-state index is 13.0. The van der Waals surface area contributed by atoms with E-state index in [1.54, 1.807) is 46.8 Å². The Labute approximate surface area is 227 Å². The van der Waals surface area contributed by atoms with E-state index < -0.39 is 29.1 Å². The molecule has 1 aromatic rings. The Balaban J connectivity index is 2.93. The van der Waals surface area contributed by atoms with E-state index in [-0.39, 0.29) is 63.7 Å². The smallest absolute Gasteiger partial charge is 0.407 e. The highest BCUT2D eigenvalue weighted by molar-refractivity contribution is 6.00. The van der Waals surface area contributed by atoms with Crippen molar-refractivity contribution in [3.63, 3.8) is 0 Å². The minimum absolute atomic E-state index is 0.0207. The van der Waals surface area contributed by atoms with E-state index in [9.17, 15) is 14.4 Å². The van der Waals surface area contributed by atoms with Crippen LogP contribution in [-0.4, -0.2) is 75.1 Å². The SMILES string of the molecule is CC(C)(C)OC(=O)NCc1cc(C(=O)NCCOCCN=[N+]=[N-])cc(C(=O)NCC(C)(C)OCCN=[N+]=[N-])c1. The molecule has 0 aromatic heterocycles. The van der Waals surface area contributed by atoms with Crippen molar-refractivity contribution in [2.75, 3.05) is 46.0 Å². The molecule has 1 rings (SSSR count). The zero-order valence-corrected chi connectivity index (χ0v) is 23.0. The third-order valence-corrected chi connectivity index (χ3v) is 4.71. The van der Waals surface area contributed by atoms with Crippen LogP contribution in [0.4, 0.5) is 4.79 Å². The highest BCUT2D eigenvalue weighted by Gasteiger charge is 2.21. The van der Waals surface area contributed by atoms with Gasteiger partial charge in [-0.25, -0.2) is 4.79 Å². The first kappa shape index (κ1) is 33.0. The molecule has 0 atom stereocenters. The summed E-state index contributed by atoms with van der Waals surface area (Å²) in [4.78, 5) is 43.2. The fraction of sp³-hybridized carbons (Fsp3) is 0.625. The second-order valence-corrected chi connectivity index (χ2v) is 9.84. The molecule has 0 saturated carbocycles. The van der Waals surface area contributed by atoms with Crippen molar-refractivity contribution in [1.29, 1.82) is 0 Å². The molecule has 15 heteroatoms. The van der Waals surface area contributed by atoms with Gasteiger partial charge < -0.3 is 30.2 Å². The number of nitrogens with zero attached hydrogens (tertiary/aromatic N) is 6. The molecular weight excluding hydrogens is 510 g/mol. The fourth-order valence-corrected chi connectivity index (χ4v) is 2.99. The Morgan fingerprint density at radius 1 is 0.846 bits per heavy atom. The topological polar surface area (TPSA) is 213 Å². The summed E-state index contributed by atoms with van der Waals surface area (Å²) >= 11 is 0. The van der Waals surface area contributed by atoms with Gasteiger partial charge in [0.15, 0.2) is 0 Å². The van der Waals surface area contributed by atoms with Gasteiger partial charge in [0.1, 0.15) is 5.60 Å². The molecule has 39 heavy (non-hydrogen) atoms. The largest absolute Gasteiger partial charge is 0.444 e. The minimum atomic E-state index is -0.741. The van der Waals surface area contributed by atoms with E-state index in [4.69, 9.17) is 25.3 Å². The van der Waals surface area contributed by atoms with Crippen LogP contribution < -0.4 is 16.0 Å². The maximum Gasteiger partial charge on any atom is 0.407 e. The highest BCUT2D eigenvalue weighted by Crippen LogP contribution is 2.14. The number of benzene rings is 1. The number of rotatable bonds is 16. The molecule has 0 saturated heterocycles. The van der Waals surface area contributed by atoms with Crippen molar-refractivity contribution in [3.05, 3.63) is 55.8 Å². The lowest BCUT2D eigenvalue weighted by Crippen LogP contribution is -2.41. The number of ether oxygens (including phenoxy) is 3. The maximum atomic E-state index is 13.0. The monoisotopic (exact) mass is 547 g/mol. The molecule has 3 N–H and O–H groups in total. The predicted molar refractivity (Wildman–Crippen MR) is 143 cm³/mol. The van der Waals surface area contributed by atoms with Crippen molar-refractivity contribution in [2.24, 2.45) is 10.2 Å². The Morgan fingerprint density at radius 2 is 1.44 bits per heavy atom. The summed E-state index contributed by atoms with van der Waals surface area (Å²) in [7, 11) is 0. The number of hydrogen-bond acceptors (Lipinski definition) is 8. The van der Waals surface area contributed by atoms with Gasteiger partial charge in [0.2, 0.25) is 0 Å². The quantitative estimate of drug-likeness (QED) is 0.122. The van der Waals surface area contributed by atoms with Gasteiger partial charge in [-0.1, -0.05) is 10.2 Å². The van der Waals surface area contributed by atoms with Crippen molar-refractivity contribution in [1.82, 2.24) is 16.0 Å². The fourth-order valence-electron chi connectivity index (χ4n) is 2.99. The molecule has 1 aromatic carbocycles. The number of amides is 3. The van der Waals surface area contributed by atoms with Crippen LogP contribution in [0.1, 0.15) is 60.9 Å². The molecule has 0 radical (unpaired) electrons. The first-order valence-corrected chi connectivity index (χ1v) is 12.3. The summed E-state index contributed by atoms with van der Waals surface area (Å²) in [6.45, 7) is 10.1. The van der Waals surface area contributed by atoms with Crippen molar-refractivity contribution in [2.45, 2.75) is 52.4 Å². The van der Waals surface area contributed by atoms with Gasteiger partial charge in [-0.2, -0.15) is 0 Å². The van der Waals surface area contributed by atoms with Gasteiger partial charge in [0.25, 0.3) is 11.8 Å². The predicted octanol–water partition coefficient (Wildman–Crippen LogP) is 3.60. The Morgan fingerprint density at radius 3 is 2.03 bits per heavy atom. The summed E-state index contributed by atoms with van der Waals surface area (Å²) in [5, 5.41) is 14.9. The second kappa shape index (κ2) is 16.7. The van der Waals surface area contributed by atoms with Gasteiger partial charge in [-0.15, -0.1) is 0 Å². The number of nitrogens with one attached hydrogen (secondary N) is 3. The number of carbonyl (C=O) groups is 3. The van der Waals surface area contributed by atoms with Crippen LogP contribution in [-0.2, 0) is 20.8 Å². The van der Waals surface area contributed by atoms with Crippen LogP contribution in [0.15, 0.2) is 28.4 Å². The summed E-state index contributed by atoms with van der Waals surface area (Å²) in [5.74, 6) is -0.889. The molecule has 0 aliphatic rings. The van der Waals surface area contributed by atoms with Crippen molar-refractivity contribution in [3.8, 4) is 0 Å². The van der Waals surface area contributed by atoms with Crippen LogP contribution in [0, 0.1) is 0 Å². The molecule has 3 amide bonds. The first-order valence-electron chi connectivity index (χ1n) is 12.3. The van der Waals surface area contributed by atoms with Gasteiger partial charge >= 0.3 is 6.09 Å². The summed E-state index contributed by atoms with van der Waals surface area (Å²) in [6, 6.07) is 4.58. The van der Waals surface area contributed by atoms with E-state index in [0.717, 1.165) is 0 Å². The Bertz CT molecular complexity index is 1070. The van der Waals surface area contributed by atoms with Gasteiger partial charge in [-0.05, 0) is 69.4 Å². The molecule has 0 fully saturated rings. The molecule has 0 aliphatic carbocycles. The number of hydrogen-bond donors (Lipinski definition) is 3. The summed E-state index contributed by atoms with van der Waals surface area (Å²) in [6.07, 6.45) is -0.638. The van der Waals surface area contributed by atoms with Gasteiger partial charge in [0, 0.05) is 53.7 Å². The normalized spacial score (nSPS) is 11.0. The average Bonchev–Trinajstić information content (AvgIpc) is 2.87. The third kappa shape index (κ3) is 15.1. The van der Waals surface area contributed by atoms with E-state index in [2.05, 4.69) is 36.0 Å². The highest BCUT2D eigenvalue weighted by atomic mass is 16.6. The molecule has 0 heterocycles. The van der Waals surface area contributed by atoms with E-state index >= 15 is 0 Å². The van der Waals surface area contributed by atoms with E-state index in [0.29, 0.717) is 5.56 Å². The van der Waals surface area contributed by atoms with Crippen LogP contribution in [0.3, 0.4) is 0 Å². The van der Waals surface area contributed by atoms with Crippen molar-refractivity contribution >= 4 is 17.9 Å². The zero-order chi connectivity index (χ0) is 29.3. The van der Waals surface area contributed by atoms with E-state index in [1.165, 1.54) is 6.07 Å². The molecule has 0 bridgehead atoms. The lowest BCUT2D eigenvalue weighted by Gasteiger charge is -2.25. The van der Waals surface area contributed by atoms with Gasteiger partial charge in [0.05, 0.1) is 25.4 Å². The standard InChI is InChI=1S/C24H37N9O6/c1-23(2,3)39-22(36)28-15-17-12-18(20(34)27-6-9-37-10-7-30-32-25)14-19(13-17)21(35)29-16-24(4,5)38-11-8-31-33-26/h12-14H,6-11,15-16H2,1-5H3,(H,27,34)(H,28,36)(H,29,35). The lowest BCUT2D eigenvalue weighted by molar-refractivity contribution is -0.0111. The summed E-state index contributed by atoms with van der Waals surface area (Å²) in [5.41, 5.74) is 16.1. The summed E-state index contributed by atoms with van der Waals surface area (Å²) < 4.78 is 16.2. The molecular formula is C24H37N9O6. The Kier molecular flexibility index (Phi) is 14.2. The van der Waals surface area contributed by atoms with Crippen LogP contribution in [0.5, 0.6) is 0 Å². The average molecular weight is 548 g/mol. The molecule has 0 unspecified atom stereocenters. The van der Waals surface area contributed by atoms with Crippen LogP contribution in [0.25, 0.3) is 20.9 Å². The third-order valence-electron chi connectivity index (χ3n) is 4.71. The van der Waals surface area contributed by atoms with Crippen LogP contribution >= 0.6 is 0 Å². The zero-order valence-electron chi connectivity index (χ0n) is 23.0. The van der Waals surface area contributed by atoms with Crippen molar-refractivity contribution < 1.29 is 28.6 Å². The molecule has 214 valence electrons. The molecule has 15 nitrogen and oxygen atoms in total.